The Bertz CT molecular complexity index is 963. The lowest BCUT2D eigenvalue weighted by Gasteiger charge is -2.47. The summed E-state index contributed by atoms with van der Waals surface area (Å²) in [6, 6.07) is 0. The van der Waals surface area contributed by atoms with Gasteiger partial charge in [0.15, 0.2) is 0 Å². The Kier molecular flexibility index (Phi) is 6.19. The Hall–Kier alpha value is -2.58. The number of carbonyl (C=O) groups is 3. The first-order chi connectivity index (χ1) is 18.8. The molecule has 39 heavy (non-hydrogen) atoms. The summed E-state index contributed by atoms with van der Waals surface area (Å²) in [6.45, 7) is 0. The fraction of sp³-hybridized carbons (Fsp3) is 0.800. The predicted molar refractivity (Wildman–Crippen MR) is 144 cm³/mol. The summed E-state index contributed by atoms with van der Waals surface area (Å²) in [4.78, 5) is 53.8. The van der Waals surface area contributed by atoms with Crippen molar-refractivity contribution in [2.45, 2.75) is 132 Å². The van der Waals surface area contributed by atoms with Gasteiger partial charge in [0.2, 0.25) is 17.5 Å². The second-order valence-electron chi connectivity index (χ2n) is 14.0. The Balaban J connectivity index is 1.16. The average Bonchev–Trinajstić information content (AvgIpc) is 2.99. The minimum atomic E-state index is -0.409. The second-order valence-corrected chi connectivity index (χ2v) is 14.0. The molecule has 3 N–H and O–H groups in total. The van der Waals surface area contributed by atoms with Gasteiger partial charge in [-0.1, -0.05) is 0 Å². The van der Waals surface area contributed by atoms with Gasteiger partial charge < -0.3 is 16.0 Å². The molecule has 0 aliphatic heterocycles. The molecule has 10 rings (SSSR count). The van der Waals surface area contributed by atoms with Crippen LogP contribution in [-0.2, 0) is 0 Å². The summed E-state index contributed by atoms with van der Waals surface area (Å²) < 4.78 is 0. The van der Waals surface area contributed by atoms with Gasteiger partial charge >= 0.3 is 0 Å². The number of aromatic nitrogens is 3. The minimum Gasteiger partial charge on any atom is -0.344 e. The minimum absolute atomic E-state index is 0.128. The second kappa shape index (κ2) is 9.51. The largest absolute Gasteiger partial charge is 0.344 e. The number of nitrogens with one attached hydrogen (secondary N) is 3. The number of rotatable bonds is 6. The van der Waals surface area contributed by atoms with Crippen LogP contribution in [0, 0.1) is 17.8 Å². The van der Waals surface area contributed by atoms with Gasteiger partial charge in [-0.25, -0.2) is 0 Å². The lowest BCUT2D eigenvalue weighted by atomic mass is 9.66. The summed E-state index contributed by atoms with van der Waals surface area (Å²) in [6.07, 6.45) is 18.8. The van der Waals surface area contributed by atoms with E-state index in [0.29, 0.717) is 0 Å². The van der Waals surface area contributed by atoms with E-state index in [9.17, 15) is 14.4 Å². The van der Waals surface area contributed by atoms with E-state index >= 15 is 0 Å². The molecular weight excluding hydrogens is 492 g/mol. The molecule has 9 aliphatic rings. The van der Waals surface area contributed by atoms with Gasteiger partial charge in [-0.2, -0.15) is 15.0 Å². The molecule has 0 unspecified atom stereocenters. The predicted octanol–water partition coefficient (Wildman–Crippen LogP) is 4.23. The number of nitrogens with zero attached hydrogens (tertiary/aromatic N) is 3. The summed E-state index contributed by atoms with van der Waals surface area (Å²) >= 11 is 0. The van der Waals surface area contributed by atoms with Gasteiger partial charge in [0.1, 0.15) is 0 Å². The number of hydrogen-bond acceptors (Lipinski definition) is 6. The SMILES string of the molecule is O=C(NC12CCC(CC1)CC2)c1nc(C(=O)NC23CCC(CC2)CC3)nc(C(=O)NC23CCC(CC2)CC3)n1. The average molecular weight is 535 g/mol. The first kappa shape index (κ1) is 25.4. The van der Waals surface area contributed by atoms with E-state index in [4.69, 9.17) is 0 Å². The maximum atomic E-state index is 13.5. The Morgan fingerprint density at radius 3 is 0.846 bits per heavy atom. The molecule has 0 atom stereocenters. The number of hydrogen-bond donors (Lipinski definition) is 3. The zero-order valence-electron chi connectivity index (χ0n) is 23.0. The molecule has 0 radical (unpaired) electrons. The van der Waals surface area contributed by atoms with Crippen molar-refractivity contribution in [3.63, 3.8) is 0 Å². The number of carbonyl (C=O) groups excluding carboxylic acids is 3. The third kappa shape index (κ3) is 4.84. The van der Waals surface area contributed by atoms with Crippen molar-refractivity contribution in [1.29, 1.82) is 0 Å². The Labute approximate surface area is 230 Å². The van der Waals surface area contributed by atoms with Gasteiger partial charge in [-0.15, -0.1) is 0 Å². The standard InChI is InChI=1S/C30H42N6O3/c37-25(34-28-10-1-19(2-11-28)3-12-28)22-31-23(26(38)35-29-13-4-20(5-14-29)6-15-29)33-24(32-22)27(39)36-30-16-7-21(8-17-30)9-18-30/h19-21H,1-18H2,(H,34,37)(H,35,38)(H,36,39). The third-order valence-corrected chi connectivity index (χ3v) is 11.7. The van der Waals surface area contributed by atoms with Crippen LogP contribution in [0.5, 0.6) is 0 Å². The van der Waals surface area contributed by atoms with Crippen molar-refractivity contribution in [2.75, 3.05) is 0 Å². The van der Waals surface area contributed by atoms with Crippen LogP contribution in [-0.4, -0.2) is 49.3 Å². The van der Waals surface area contributed by atoms with Crippen LogP contribution in [0.1, 0.15) is 147 Å². The first-order valence-corrected chi connectivity index (χ1v) is 15.6. The first-order valence-electron chi connectivity index (χ1n) is 15.6. The lowest BCUT2D eigenvalue weighted by molar-refractivity contribution is 0.0692. The Morgan fingerprint density at radius 2 is 0.641 bits per heavy atom. The lowest BCUT2D eigenvalue weighted by Crippen LogP contribution is -2.55. The van der Waals surface area contributed by atoms with E-state index in [1.165, 1.54) is 0 Å². The Morgan fingerprint density at radius 1 is 0.436 bits per heavy atom. The highest BCUT2D eigenvalue weighted by Gasteiger charge is 2.45. The molecule has 9 heteroatoms. The molecule has 6 bridgehead atoms. The molecule has 0 saturated heterocycles. The molecule has 9 aliphatic carbocycles. The quantitative estimate of drug-likeness (QED) is 0.501. The van der Waals surface area contributed by atoms with Crippen molar-refractivity contribution < 1.29 is 14.4 Å². The molecule has 9 fully saturated rings. The highest BCUT2D eigenvalue weighted by atomic mass is 16.2. The van der Waals surface area contributed by atoms with Crippen LogP contribution in [0.15, 0.2) is 0 Å². The van der Waals surface area contributed by atoms with Gasteiger partial charge in [0.25, 0.3) is 17.7 Å². The molecule has 1 heterocycles. The van der Waals surface area contributed by atoms with Crippen molar-refractivity contribution in [3.8, 4) is 0 Å². The summed E-state index contributed by atoms with van der Waals surface area (Å²) in [7, 11) is 0. The van der Waals surface area contributed by atoms with E-state index < -0.39 is 17.7 Å². The van der Waals surface area contributed by atoms with Gasteiger partial charge in [0.05, 0.1) is 0 Å². The topological polar surface area (TPSA) is 126 Å². The molecule has 0 spiro atoms. The van der Waals surface area contributed by atoms with Crippen molar-refractivity contribution in [3.05, 3.63) is 17.5 Å². The number of amides is 3. The zero-order chi connectivity index (χ0) is 26.7. The van der Waals surface area contributed by atoms with Crippen LogP contribution >= 0.6 is 0 Å². The van der Waals surface area contributed by atoms with Crippen LogP contribution in [0.4, 0.5) is 0 Å². The van der Waals surface area contributed by atoms with Crippen molar-refractivity contribution in [2.24, 2.45) is 17.8 Å². The van der Waals surface area contributed by atoms with Crippen molar-refractivity contribution >= 4 is 17.7 Å². The summed E-state index contributed by atoms with van der Waals surface area (Å²) in [5, 5.41) is 9.68. The van der Waals surface area contributed by atoms with Gasteiger partial charge in [-0.3, -0.25) is 14.4 Å². The molecule has 9 saturated carbocycles. The molecular formula is C30H42N6O3. The molecule has 210 valence electrons. The van der Waals surface area contributed by atoms with E-state index in [2.05, 4.69) is 30.9 Å². The summed E-state index contributed by atoms with van der Waals surface area (Å²) in [5.74, 6) is 0.710. The molecule has 9 nitrogen and oxygen atoms in total. The van der Waals surface area contributed by atoms with Crippen LogP contribution in [0.3, 0.4) is 0 Å². The van der Waals surface area contributed by atoms with E-state index in [1.807, 2.05) is 0 Å². The molecule has 3 amide bonds. The van der Waals surface area contributed by atoms with E-state index in [-0.39, 0.29) is 34.1 Å². The fourth-order valence-electron chi connectivity index (χ4n) is 8.88. The maximum absolute atomic E-state index is 13.5. The molecule has 1 aromatic heterocycles. The van der Waals surface area contributed by atoms with Crippen LogP contribution in [0.2, 0.25) is 0 Å². The fourth-order valence-corrected chi connectivity index (χ4v) is 8.88. The van der Waals surface area contributed by atoms with Crippen LogP contribution in [0.25, 0.3) is 0 Å². The highest BCUT2D eigenvalue weighted by molar-refractivity contribution is 5.98. The van der Waals surface area contributed by atoms with Gasteiger partial charge in [0, 0.05) is 16.6 Å². The maximum Gasteiger partial charge on any atom is 0.289 e. The highest BCUT2D eigenvalue weighted by Crippen LogP contribution is 2.46. The zero-order valence-corrected chi connectivity index (χ0v) is 23.0. The van der Waals surface area contributed by atoms with Crippen LogP contribution < -0.4 is 16.0 Å². The summed E-state index contributed by atoms with van der Waals surface area (Å²) in [5.41, 5.74) is -0.700. The molecule has 0 aromatic carbocycles. The normalized spacial score (nSPS) is 38.3. The number of fused-ring (bicyclic) bond motifs is 9. The smallest absolute Gasteiger partial charge is 0.289 e. The monoisotopic (exact) mass is 534 g/mol. The third-order valence-electron chi connectivity index (χ3n) is 11.7. The van der Waals surface area contributed by atoms with E-state index in [1.54, 1.807) is 0 Å². The molecule has 1 aromatic rings. The van der Waals surface area contributed by atoms with E-state index in [0.717, 1.165) is 133 Å². The van der Waals surface area contributed by atoms with Crippen molar-refractivity contribution in [1.82, 2.24) is 30.9 Å². The van der Waals surface area contributed by atoms with Gasteiger partial charge in [-0.05, 0) is 133 Å².